The fraction of sp³-hybridized carbons (Fsp3) is 0.333. The molecule has 0 radical (unpaired) electrons. The minimum absolute atomic E-state index is 0.0862. The van der Waals surface area contributed by atoms with E-state index < -0.39 is 5.82 Å². The largest absolute Gasteiger partial charge is 0.488 e. The summed E-state index contributed by atoms with van der Waals surface area (Å²) in [6.45, 7) is 4.42. The van der Waals surface area contributed by atoms with Crippen molar-refractivity contribution in [3.05, 3.63) is 81.3 Å². The highest BCUT2D eigenvalue weighted by Gasteiger charge is 2.34. The Bertz CT molecular complexity index is 1220. The highest BCUT2D eigenvalue weighted by molar-refractivity contribution is 7.10. The van der Waals surface area contributed by atoms with Gasteiger partial charge < -0.3 is 19.9 Å². The number of rotatable bonds is 8. The average Bonchev–Trinajstić information content (AvgIpc) is 3.35. The van der Waals surface area contributed by atoms with E-state index in [4.69, 9.17) is 16.3 Å². The number of hydrogen-bond acceptors (Lipinski definition) is 4. The molecule has 3 amide bonds. The Balaban J connectivity index is 1.52. The molecule has 1 N–H and O–H groups in total. The molecule has 0 fully saturated rings. The van der Waals surface area contributed by atoms with Gasteiger partial charge in [0.2, 0.25) is 5.91 Å². The number of halogens is 2. The molecule has 2 aromatic carbocycles. The van der Waals surface area contributed by atoms with Gasteiger partial charge in [0.15, 0.2) is 11.6 Å². The monoisotopic (exact) mass is 529 g/mol. The molecule has 0 unspecified atom stereocenters. The van der Waals surface area contributed by atoms with Gasteiger partial charge in [0, 0.05) is 28.2 Å². The molecule has 1 aliphatic rings. The highest BCUT2D eigenvalue weighted by Crippen LogP contribution is 2.34. The number of anilines is 1. The molecule has 0 bridgehead atoms. The molecule has 1 aromatic heterocycles. The molecule has 6 nitrogen and oxygen atoms in total. The van der Waals surface area contributed by atoms with Gasteiger partial charge in [-0.2, -0.15) is 0 Å². The Morgan fingerprint density at radius 3 is 2.81 bits per heavy atom. The minimum Gasteiger partial charge on any atom is -0.488 e. The fourth-order valence-electron chi connectivity index (χ4n) is 4.25. The highest BCUT2D eigenvalue weighted by atomic mass is 35.5. The predicted octanol–water partition coefficient (Wildman–Crippen LogP) is 6.38. The first-order chi connectivity index (χ1) is 17.4. The zero-order chi connectivity index (χ0) is 25.7. The number of nitrogens with one attached hydrogen (secondary N) is 1. The molecular formula is C27H29ClFN3O3S. The van der Waals surface area contributed by atoms with E-state index in [0.717, 1.165) is 12.0 Å². The summed E-state index contributed by atoms with van der Waals surface area (Å²) in [6, 6.07) is 14.2. The van der Waals surface area contributed by atoms with Gasteiger partial charge in [-0.3, -0.25) is 4.79 Å². The lowest BCUT2D eigenvalue weighted by Crippen LogP contribution is -2.50. The molecule has 0 saturated carbocycles. The molecule has 0 spiro atoms. The summed E-state index contributed by atoms with van der Waals surface area (Å²) < 4.78 is 20.0. The molecule has 190 valence electrons. The van der Waals surface area contributed by atoms with E-state index in [1.165, 1.54) is 10.9 Å². The number of carbonyl (C=O) groups is 2. The SMILES string of the molecule is CC[C@H](C)N(CC(=O)N1CCc2sccc2[C@@H]1COc1ccccc1F)C(=O)Nc1cccc(Cl)c1. The van der Waals surface area contributed by atoms with Crippen molar-refractivity contribution in [3.63, 3.8) is 0 Å². The summed E-state index contributed by atoms with van der Waals surface area (Å²) in [4.78, 5) is 31.3. The lowest BCUT2D eigenvalue weighted by Gasteiger charge is -2.38. The van der Waals surface area contributed by atoms with Crippen LogP contribution in [0.1, 0.15) is 36.8 Å². The number of fused-ring (bicyclic) bond motifs is 1. The molecule has 1 aliphatic heterocycles. The second kappa shape index (κ2) is 11.8. The molecule has 9 heteroatoms. The van der Waals surface area contributed by atoms with Crippen LogP contribution in [0, 0.1) is 5.82 Å². The van der Waals surface area contributed by atoms with E-state index in [0.29, 0.717) is 23.7 Å². The van der Waals surface area contributed by atoms with Crippen LogP contribution in [0.4, 0.5) is 14.9 Å². The van der Waals surface area contributed by atoms with Crippen LogP contribution in [0.15, 0.2) is 60.0 Å². The minimum atomic E-state index is -0.447. The average molecular weight is 530 g/mol. The van der Waals surface area contributed by atoms with Crippen LogP contribution in [0.25, 0.3) is 0 Å². The van der Waals surface area contributed by atoms with E-state index in [-0.39, 0.29) is 42.9 Å². The number of benzene rings is 2. The van der Waals surface area contributed by atoms with Gasteiger partial charge in [-0.15, -0.1) is 11.3 Å². The number of para-hydroxylation sites is 1. The number of thiophene rings is 1. The summed E-state index contributed by atoms with van der Waals surface area (Å²) >= 11 is 7.70. The van der Waals surface area contributed by atoms with Gasteiger partial charge in [0.25, 0.3) is 0 Å². The third-order valence-electron chi connectivity index (χ3n) is 6.41. The molecule has 4 rings (SSSR count). The van der Waals surface area contributed by atoms with E-state index >= 15 is 0 Å². The topological polar surface area (TPSA) is 61.9 Å². The zero-order valence-electron chi connectivity index (χ0n) is 20.2. The molecule has 0 saturated heterocycles. The predicted molar refractivity (Wildman–Crippen MR) is 141 cm³/mol. The van der Waals surface area contributed by atoms with Crippen molar-refractivity contribution in [1.29, 1.82) is 0 Å². The maximum atomic E-state index is 14.2. The maximum absolute atomic E-state index is 14.2. The van der Waals surface area contributed by atoms with Gasteiger partial charge in [0.05, 0.1) is 6.04 Å². The quantitative estimate of drug-likeness (QED) is 0.368. The van der Waals surface area contributed by atoms with Crippen LogP contribution >= 0.6 is 22.9 Å². The van der Waals surface area contributed by atoms with Crippen LogP contribution < -0.4 is 10.1 Å². The first-order valence-corrected chi connectivity index (χ1v) is 13.2. The summed E-state index contributed by atoms with van der Waals surface area (Å²) in [7, 11) is 0. The van der Waals surface area contributed by atoms with E-state index in [1.807, 2.05) is 25.3 Å². The number of nitrogens with zero attached hydrogens (tertiary/aromatic N) is 2. The Morgan fingerprint density at radius 2 is 2.06 bits per heavy atom. The van der Waals surface area contributed by atoms with Crippen molar-refractivity contribution in [2.75, 3.05) is 25.0 Å². The Hall–Kier alpha value is -3.10. The first kappa shape index (κ1) is 26.0. The van der Waals surface area contributed by atoms with Crippen LogP contribution in [-0.2, 0) is 11.2 Å². The van der Waals surface area contributed by atoms with Gasteiger partial charge in [-0.1, -0.05) is 36.7 Å². The summed E-state index contributed by atoms with van der Waals surface area (Å²) in [5, 5.41) is 5.36. The number of amides is 3. The second-order valence-corrected chi connectivity index (χ2v) is 10.2. The molecule has 2 heterocycles. The number of ether oxygens (including phenoxy) is 1. The number of carbonyl (C=O) groups excluding carboxylic acids is 2. The Labute approximate surface area is 219 Å². The van der Waals surface area contributed by atoms with Crippen molar-refractivity contribution < 1.29 is 18.7 Å². The van der Waals surface area contributed by atoms with Crippen LogP contribution in [0.2, 0.25) is 5.02 Å². The molecule has 2 atom stereocenters. The third-order valence-corrected chi connectivity index (χ3v) is 7.65. The Kier molecular flexibility index (Phi) is 8.48. The van der Waals surface area contributed by atoms with Crippen LogP contribution in [0.5, 0.6) is 5.75 Å². The standard InChI is InChI=1S/C27H29ClFN3O3S/c1-3-18(2)32(27(34)30-20-8-6-7-19(28)15-20)16-26(33)31-13-11-25-21(12-14-36-25)23(31)17-35-24-10-5-4-9-22(24)29/h4-10,12,14-15,18,23H,3,11,13,16-17H2,1-2H3,(H,30,34)/t18-,23-/m0/s1. The normalized spacial score (nSPS) is 15.7. The first-order valence-electron chi connectivity index (χ1n) is 11.9. The summed E-state index contributed by atoms with van der Waals surface area (Å²) in [5.74, 6) is -0.484. The summed E-state index contributed by atoms with van der Waals surface area (Å²) in [5.41, 5.74) is 1.57. The second-order valence-electron chi connectivity index (χ2n) is 8.72. The van der Waals surface area contributed by atoms with Crippen molar-refractivity contribution in [2.24, 2.45) is 0 Å². The van der Waals surface area contributed by atoms with Gasteiger partial charge in [0.1, 0.15) is 13.2 Å². The van der Waals surface area contributed by atoms with Crippen molar-refractivity contribution >= 4 is 40.6 Å². The fourth-order valence-corrected chi connectivity index (χ4v) is 5.37. The number of urea groups is 1. The van der Waals surface area contributed by atoms with Crippen molar-refractivity contribution in [2.45, 2.75) is 38.8 Å². The smallest absolute Gasteiger partial charge is 0.322 e. The van der Waals surface area contributed by atoms with Gasteiger partial charge >= 0.3 is 6.03 Å². The molecular weight excluding hydrogens is 501 g/mol. The maximum Gasteiger partial charge on any atom is 0.322 e. The number of hydrogen-bond donors (Lipinski definition) is 1. The van der Waals surface area contributed by atoms with Crippen LogP contribution in [-0.4, -0.2) is 47.5 Å². The van der Waals surface area contributed by atoms with E-state index in [9.17, 15) is 14.0 Å². The van der Waals surface area contributed by atoms with E-state index in [2.05, 4.69) is 5.32 Å². The van der Waals surface area contributed by atoms with Gasteiger partial charge in [-0.05, 0) is 67.1 Å². The molecule has 3 aromatic rings. The molecule has 0 aliphatic carbocycles. The zero-order valence-corrected chi connectivity index (χ0v) is 21.8. The molecule has 36 heavy (non-hydrogen) atoms. The lowest BCUT2D eigenvalue weighted by atomic mass is 10.00. The van der Waals surface area contributed by atoms with Crippen molar-refractivity contribution in [1.82, 2.24) is 9.80 Å². The lowest BCUT2D eigenvalue weighted by molar-refractivity contribution is -0.135. The van der Waals surface area contributed by atoms with E-state index in [1.54, 1.807) is 63.6 Å². The van der Waals surface area contributed by atoms with Crippen LogP contribution in [0.3, 0.4) is 0 Å². The summed E-state index contributed by atoms with van der Waals surface area (Å²) in [6.07, 6.45) is 1.41. The third kappa shape index (κ3) is 5.99. The Morgan fingerprint density at radius 1 is 1.25 bits per heavy atom. The van der Waals surface area contributed by atoms with Crippen molar-refractivity contribution in [3.8, 4) is 5.75 Å². The van der Waals surface area contributed by atoms with Gasteiger partial charge in [-0.25, -0.2) is 9.18 Å².